The van der Waals surface area contributed by atoms with E-state index in [2.05, 4.69) is 37.2 Å². The van der Waals surface area contributed by atoms with Gasteiger partial charge in [0, 0.05) is 37.4 Å². The molecule has 11 nitrogen and oxygen atoms in total. The van der Waals surface area contributed by atoms with Gasteiger partial charge in [-0.05, 0) is 76.6 Å². The molecule has 2 bridgehead atoms. The van der Waals surface area contributed by atoms with Gasteiger partial charge in [-0.15, -0.1) is 13.2 Å². The van der Waals surface area contributed by atoms with Crippen LogP contribution >= 0.6 is 0 Å². The minimum Gasteiger partial charge on any atom is -0.460 e. The molecule has 3 fully saturated rings. The number of carbonyl (C=O) groups is 4. The summed E-state index contributed by atoms with van der Waals surface area (Å²) >= 11 is 0. The molecular formula is C37H54N4O7. The molecule has 3 heterocycles. The van der Waals surface area contributed by atoms with Crippen LogP contribution in [0.1, 0.15) is 66.7 Å². The maximum absolute atomic E-state index is 14.9. The molecule has 1 aromatic rings. The highest BCUT2D eigenvalue weighted by Crippen LogP contribution is 2.59. The summed E-state index contributed by atoms with van der Waals surface area (Å²) < 4.78 is 12.4. The molecule has 1 aromatic carbocycles. The monoisotopic (exact) mass is 666 g/mol. The maximum Gasteiger partial charge on any atom is 0.312 e. The number of hydrogen-bond donors (Lipinski definition) is 2. The number of likely N-dealkylation sites (tertiary alicyclic amines) is 1. The number of hydrogen-bond acceptors (Lipinski definition) is 8. The zero-order chi connectivity index (χ0) is 35.2. The number of aliphatic hydroxyl groups excluding tert-OH is 1. The number of benzene rings is 1. The van der Waals surface area contributed by atoms with Crippen LogP contribution in [0.2, 0.25) is 0 Å². The van der Waals surface area contributed by atoms with Crippen molar-refractivity contribution in [2.24, 2.45) is 17.8 Å². The van der Waals surface area contributed by atoms with E-state index in [0.29, 0.717) is 37.8 Å². The van der Waals surface area contributed by atoms with Gasteiger partial charge in [0.2, 0.25) is 11.8 Å². The molecule has 3 aliphatic rings. The lowest BCUT2D eigenvalue weighted by molar-refractivity contribution is -0.159. The smallest absolute Gasteiger partial charge is 0.312 e. The summed E-state index contributed by atoms with van der Waals surface area (Å²) in [4.78, 5) is 60.6. The Morgan fingerprint density at radius 2 is 1.79 bits per heavy atom. The highest BCUT2D eigenvalue weighted by atomic mass is 16.6. The number of rotatable bonds is 18. The Balaban J connectivity index is 1.67. The molecule has 0 unspecified atom stereocenters. The van der Waals surface area contributed by atoms with Crippen LogP contribution in [0, 0.1) is 17.8 Å². The molecule has 11 heteroatoms. The molecule has 1 spiro atoms. The van der Waals surface area contributed by atoms with Gasteiger partial charge in [-0.1, -0.05) is 26.0 Å². The van der Waals surface area contributed by atoms with E-state index >= 15 is 0 Å². The van der Waals surface area contributed by atoms with Gasteiger partial charge in [0.05, 0.1) is 37.1 Å². The van der Waals surface area contributed by atoms with Crippen LogP contribution in [-0.2, 0) is 28.7 Å². The Bertz CT molecular complexity index is 1330. The summed E-state index contributed by atoms with van der Waals surface area (Å²) in [6.07, 6.45) is 4.29. The van der Waals surface area contributed by atoms with Crippen molar-refractivity contribution in [1.82, 2.24) is 10.2 Å². The topological polar surface area (TPSA) is 129 Å². The van der Waals surface area contributed by atoms with Gasteiger partial charge in [-0.3, -0.25) is 19.2 Å². The molecule has 0 saturated carbocycles. The second-order valence-electron chi connectivity index (χ2n) is 13.6. The van der Waals surface area contributed by atoms with Crippen molar-refractivity contribution < 1.29 is 33.8 Å². The lowest BCUT2D eigenvalue weighted by Crippen LogP contribution is -2.59. The molecule has 0 aliphatic carbocycles. The Hall–Kier alpha value is -3.70. The van der Waals surface area contributed by atoms with Crippen LogP contribution in [-0.4, -0.2) is 96.4 Å². The quantitative estimate of drug-likeness (QED) is 0.179. The fourth-order valence-corrected chi connectivity index (χ4v) is 7.78. The second kappa shape index (κ2) is 16.1. The van der Waals surface area contributed by atoms with Gasteiger partial charge < -0.3 is 34.6 Å². The van der Waals surface area contributed by atoms with Crippen molar-refractivity contribution in [2.75, 3.05) is 42.6 Å². The number of nitrogens with zero attached hydrogens (tertiary/aromatic N) is 3. The van der Waals surface area contributed by atoms with Crippen LogP contribution in [0.25, 0.3) is 0 Å². The standard InChI is InChI=1S/C37H54N4O7/c1-8-12-13-30(43)38-22-25(7)47-36(46)31-29-18-19-37(48-29)32(31)34(44)41(28(23-42)21-24(5)6)33(37)35(45)40(20-9-2)27-16-14-26(15-17-27)39(10-3)11-4/h8-9,14-17,24-25,28-29,31-33,42H,1-2,10-13,18-23H2,3-7H3,(H,38,43)/t25-,28+,29+,31-,32-,33+,37-/m0/s1. The van der Waals surface area contributed by atoms with Gasteiger partial charge in [-0.25, -0.2) is 0 Å². The molecule has 3 saturated heterocycles. The minimum atomic E-state index is -1.25. The molecular weight excluding hydrogens is 612 g/mol. The highest BCUT2D eigenvalue weighted by molar-refractivity contribution is 6.05. The third kappa shape index (κ3) is 7.32. The maximum atomic E-state index is 14.9. The van der Waals surface area contributed by atoms with Crippen LogP contribution < -0.4 is 15.1 Å². The Morgan fingerprint density at radius 3 is 2.38 bits per heavy atom. The predicted molar refractivity (Wildman–Crippen MR) is 185 cm³/mol. The minimum absolute atomic E-state index is 0.126. The van der Waals surface area contributed by atoms with Gasteiger partial charge in [0.25, 0.3) is 5.91 Å². The van der Waals surface area contributed by atoms with E-state index in [-0.39, 0.29) is 43.3 Å². The third-order valence-corrected chi connectivity index (χ3v) is 9.94. The molecule has 4 rings (SSSR count). The van der Waals surface area contributed by atoms with Crippen LogP contribution in [0.4, 0.5) is 11.4 Å². The van der Waals surface area contributed by atoms with E-state index in [9.17, 15) is 24.3 Å². The normalized spacial score (nSPS) is 25.4. The van der Waals surface area contributed by atoms with E-state index in [1.807, 2.05) is 38.1 Å². The first-order chi connectivity index (χ1) is 23.0. The Labute approximate surface area is 285 Å². The van der Waals surface area contributed by atoms with E-state index in [1.54, 1.807) is 24.0 Å². The SMILES string of the molecule is C=CCCC(=O)NC[C@H](C)OC(=O)[C@@H]1[C@H]2C(=O)N([C@@H](CO)CC(C)C)[C@H](C(=O)N(CC=C)c3ccc(N(CC)CC)cc3)[C@]23CC[C@H]1O3. The number of nitrogens with one attached hydrogen (secondary N) is 1. The van der Waals surface area contributed by atoms with Gasteiger partial charge >= 0.3 is 5.97 Å². The summed E-state index contributed by atoms with van der Waals surface area (Å²) in [5.74, 6) is -3.20. The number of allylic oxidation sites excluding steroid dienone is 1. The Kier molecular flexibility index (Phi) is 12.5. The zero-order valence-electron chi connectivity index (χ0n) is 29.2. The summed E-state index contributed by atoms with van der Waals surface area (Å²) in [6, 6.07) is 6.05. The first kappa shape index (κ1) is 37.1. The average molecular weight is 667 g/mol. The molecule has 0 aromatic heterocycles. The Morgan fingerprint density at radius 1 is 1.12 bits per heavy atom. The number of aliphatic hydroxyl groups is 1. The van der Waals surface area contributed by atoms with Gasteiger partial charge in [0.15, 0.2) is 0 Å². The van der Waals surface area contributed by atoms with E-state index < -0.39 is 47.7 Å². The van der Waals surface area contributed by atoms with E-state index in [4.69, 9.17) is 9.47 Å². The molecule has 264 valence electrons. The summed E-state index contributed by atoms with van der Waals surface area (Å²) in [6.45, 7) is 19.1. The zero-order valence-corrected chi connectivity index (χ0v) is 29.2. The number of amides is 3. The molecule has 7 atom stereocenters. The molecule has 0 radical (unpaired) electrons. The first-order valence-electron chi connectivity index (χ1n) is 17.4. The number of carbonyl (C=O) groups excluding carboxylic acids is 4. The van der Waals surface area contributed by atoms with Crippen LogP contribution in [0.15, 0.2) is 49.6 Å². The van der Waals surface area contributed by atoms with Crippen LogP contribution in [0.5, 0.6) is 0 Å². The number of esters is 1. The lowest BCUT2D eigenvalue weighted by Gasteiger charge is -2.39. The molecule has 2 N–H and O–H groups in total. The largest absolute Gasteiger partial charge is 0.460 e. The van der Waals surface area contributed by atoms with Crippen molar-refractivity contribution in [3.63, 3.8) is 0 Å². The first-order valence-corrected chi connectivity index (χ1v) is 17.4. The average Bonchev–Trinajstić information content (AvgIpc) is 3.72. The molecule has 48 heavy (non-hydrogen) atoms. The third-order valence-electron chi connectivity index (χ3n) is 9.94. The fraction of sp³-hybridized carbons (Fsp3) is 0.622. The summed E-state index contributed by atoms with van der Waals surface area (Å²) in [5, 5.41) is 13.4. The van der Waals surface area contributed by atoms with Crippen molar-refractivity contribution >= 4 is 35.1 Å². The van der Waals surface area contributed by atoms with Crippen molar-refractivity contribution in [1.29, 1.82) is 0 Å². The lowest BCUT2D eigenvalue weighted by atomic mass is 9.70. The van der Waals surface area contributed by atoms with E-state index in [0.717, 1.165) is 18.8 Å². The van der Waals surface area contributed by atoms with Gasteiger partial charge in [-0.2, -0.15) is 0 Å². The highest BCUT2D eigenvalue weighted by Gasteiger charge is 2.75. The van der Waals surface area contributed by atoms with Crippen LogP contribution in [0.3, 0.4) is 0 Å². The number of fused-ring (bicyclic) bond motifs is 1. The number of ether oxygens (including phenoxy) is 2. The van der Waals surface area contributed by atoms with E-state index in [1.165, 1.54) is 4.90 Å². The van der Waals surface area contributed by atoms with Gasteiger partial charge in [0.1, 0.15) is 17.7 Å². The van der Waals surface area contributed by atoms with Crippen molar-refractivity contribution in [2.45, 2.75) is 96.6 Å². The summed E-state index contributed by atoms with van der Waals surface area (Å²) in [7, 11) is 0. The van der Waals surface area contributed by atoms with Crippen molar-refractivity contribution in [3.05, 3.63) is 49.6 Å². The molecule has 3 amide bonds. The molecule has 3 aliphatic heterocycles. The number of anilines is 2. The second-order valence-corrected chi connectivity index (χ2v) is 13.6. The predicted octanol–water partition coefficient (Wildman–Crippen LogP) is 3.85. The van der Waals surface area contributed by atoms with Crippen molar-refractivity contribution in [3.8, 4) is 0 Å². The fourth-order valence-electron chi connectivity index (χ4n) is 7.78. The summed E-state index contributed by atoms with van der Waals surface area (Å²) in [5.41, 5.74) is 0.434.